The second kappa shape index (κ2) is 5.49. The standard InChI is InChI=1S/C11H15N5O/c1-8-13-7-5-9(14-8)11-15-10(17-16-11)4-3-6-12-2/h5,7,12H,3-4,6H2,1-2H3. The van der Waals surface area contributed by atoms with Crippen LogP contribution in [0.1, 0.15) is 18.1 Å². The Morgan fingerprint density at radius 1 is 1.35 bits per heavy atom. The molecule has 17 heavy (non-hydrogen) atoms. The van der Waals surface area contributed by atoms with Crippen molar-refractivity contribution in [3.63, 3.8) is 0 Å². The van der Waals surface area contributed by atoms with Crippen molar-refractivity contribution in [3.05, 3.63) is 24.0 Å². The molecule has 0 saturated carbocycles. The van der Waals surface area contributed by atoms with Crippen LogP contribution in [0.3, 0.4) is 0 Å². The summed E-state index contributed by atoms with van der Waals surface area (Å²) in [6.45, 7) is 2.77. The van der Waals surface area contributed by atoms with Crippen LogP contribution in [0.15, 0.2) is 16.8 Å². The lowest BCUT2D eigenvalue weighted by Gasteiger charge is -1.94. The van der Waals surface area contributed by atoms with Crippen molar-refractivity contribution < 1.29 is 4.52 Å². The molecule has 0 amide bonds. The van der Waals surface area contributed by atoms with Gasteiger partial charge in [-0.3, -0.25) is 0 Å². The number of aryl methyl sites for hydroxylation is 2. The van der Waals surface area contributed by atoms with E-state index in [1.54, 1.807) is 12.3 Å². The molecule has 0 atom stereocenters. The first-order valence-corrected chi connectivity index (χ1v) is 5.57. The maximum atomic E-state index is 5.16. The molecule has 0 spiro atoms. The van der Waals surface area contributed by atoms with Gasteiger partial charge in [0.25, 0.3) is 0 Å². The van der Waals surface area contributed by atoms with Crippen molar-refractivity contribution in [1.82, 2.24) is 25.4 Å². The first kappa shape index (κ1) is 11.7. The van der Waals surface area contributed by atoms with Crippen LogP contribution < -0.4 is 5.32 Å². The van der Waals surface area contributed by atoms with E-state index >= 15 is 0 Å². The summed E-state index contributed by atoms with van der Waals surface area (Å²) in [5.41, 5.74) is 0.695. The van der Waals surface area contributed by atoms with Gasteiger partial charge in [-0.1, -0.05) is 5.16 Å². The average molecular weight is 233 g/mol. The number of rotatable bonds is 5. The van der Waals surface area contributed by atoms with E-state index in [1.807, 2.05) is 14.0 Å². The summed E-state index contributed by atoms with van der Waals surface area (Å²) < 4.78 is 5.16. The predicted molar refractivity (Wildman–Crippen MR) is 62.3 cm³/mol. The van der Waals surface area contributed by atoms with Crippen LogP contribution in [0.4, 0.5) is 0 Å². The van der Waals surface area contributed by atoms with Crippen LogP contribution in [-0.2, 0) is 6.42 Å². The van der Waals surface area contributed by atoms with Crippen LogP contribution in [-0.4, -0.2) is 33.7 Å². The van der Waals surface area contributed by atoms with E-state index in [0.717, 1.165) is 19.4 Å². The highest BCUT2D eigenvalue weighted by Gasteiger charge is 2.09. The Kier molecular flexibility index (Phi) is 3.77. The van der Waals surface area contributed by atoms with Crippen LogP contribution in [0.2, 0.25) is 0 Å². The summed E-state index contributed by atoms with van der Waals surface area (Å²) in [5.74, 6) is 1.87. The van der Waals surface area contributed by atoms with Gasteiger partial charge in [0.15, 0.2) is 0 Å². The molecule has 0 aliphatic heterocycles. The fourth-order valence-corrected chi connectivity index (χ4v) is 1.46. The lowest BCUT2D eigenvalue weighted by Crippen LogP contribution is -2.08. The van der Waals surface area contributed by atoms with Gasteiger partial charge in [-0.2, -0.15) is 4.98 Å². The maximum Gasteiger partial charge on any atom is 0.227 e. The molecule has 0 unspecified atom stereocenters. The van der Waals surface area contributed by atoms with Gasteiger partial charge in [-0.05, 0) is 33.0 Å². The van der Waals surface area contributed by atoms with Gasteiger partial charge in [0.05, 0.1) is 0 Å². The lowest BCUT2D eigenvalue weighted by molar-refractivity contribution is 0.375. The van der Waals surface area contributed by atoms with E-state index in [1.165, 1.54) is 0 Å². The molecule has 2 rings (SSSR count). The van der Waals surface area contributed by atoms with Crippen LogP contribution in [0.5, 0.6) is 0 Å². The number of nitrogens with zero attached hydrogens (tertiary/aromatic N) is 4. The third-order valence-corrected chi connectivity index (χ3v) is 2.29. The Bertz CT molecular complexity index is 482. The summed E-state index contributed by atoms with van der Waals surface area (Å²) in [7, 11) is 1.92. The van der Waals surface area contributed by atoms with Gasteiger partial charge in [0, 0.05) is 12.6 Å². The zero-order valence-corrected chi connectivity index (χ0v) is 9.97. The Morgan fingerprint density at radius 3 is 3.00 bits per heavy atom. The minimum absolute atomic E-state index is 0.523. The average Bonchev–Trinajstić information content (AvgIpc) is 2.78. The predicted octanol–water partition coefficient (Wildman–Crippen LogP) is 0.987. The Balaban J connectivity index is 2.07. The lowest BCUT2D eigenvalue weighted by atomic mass is 10.3. The van der Waals surface area contributed by atoms with E-state index in [-0.39, 0.29) is 0 Å². The quantitative estimate of drug-likeness (QED) is 0.776. The molecular weight excluding hydrogens is 218 g/mol. The highest BCUT2D eigenvalue weighted by atomic mass is 16.5. The van der Waals surface area contributed by atoms with Crippen molar-refractivity contribution in [3.8, 4) is 11.5 Å². The second-order valence-corrected chi connectivity index (χ2v) is 3.71. The van der Waals surface area contributed by atoms with Crippen LogP contribution >= 0.6 is 0 Å². The molecule has 0 aromatic carbocycles. The number of aromatic nitrogens is 4. The molecule has 2 aromatic heterocycles. The third-order valence-electron chi connectivity index (χ3n) is 2.29. The maximum absolute atomic E-state index is 5.16. The number of nitrogens with one attached hydrogen (secondary N) is 1. The first-order valence-electron chi connectivity index (χ1n) is 5.57. The van der Waals surface area contributed by atoms with Gasteiger partial charge in [-0.25, -0.2) is 9.97 Å². The second-order valence-electron chi connectivity index (χ2n) is 3.71. The Labute approximate surface area is 99.5 Å². The largest absolute Gasteiger partial charge is 0.339 e. The summed E-state index contributed by atoms with van der Waals surface area (Å²) in [6, 6.07) is 1.77. The van der Waals surface area contributed by atoms with E-state index in [2.05, 4.69) is 25.4 Å². The highest BCUT2D eigenvalue weighted by Crippen LogP contribution is 2.12. The van der Waals surface area contributed by atoms with E-state index in [0.29, 0.717) is 23.2 Å². The molecule has 6 nitrogen and oxygen atoms in total. The fraction of sp³-hybridized carbons (Fsp3) is 0.455. The fourth-order valence-electron chi connectivity index (χ4n) is 1.46. The van der Waals surface area contributed by atoms with Crippen molar-refractivity contribution >= 4 is 0 Å². The molecular formula is C11H15N5O. The van der Waals surface area contributed by atoms with Gasteiger partial charge in [0.1, 0.15) is 11.5 Å². The Hall–Kier alpha value is -1.82. The zero-order chi connectivity index (χ0) is 12.1. The molecule has 0 aliphatic rings. The summed E-state index contributed by atoms with van der Waals surface area (Å²) in [4.78, 5) is 12.6. The zero-order valence-electron chi connectivity index (χ0n) is 9.97. The monoisotopic (exact) mass is 233 g/mol. The molecule has 2 heterocycles. The molecule has 0 saturated heterocycles. The van der Waals surface area contributed by atoms with Gasteiger partial charge < -0.3 is 9.84 Å². The molecule has 0 fully saturated rings. The molecule has 0 bridgehead atoms. The number of hydrogen-bond acceptors (Lipinski definition) is 6. The first-order chi connectivity index (χ1) is 8.29. The van der Waals surface area contributed by atoms with Crippen molar-refractivity contribution in [2.24, 2.45) is 0 Å². The summed E-state index contributed by atoms with van der Waals surface area (Å²) in [6.07, 6.45) is 3.44. The normalized spacial score (nSPS) is 10.7. The SMILES string of the molecule is CNCCCc1nc(-c2ccnc(C)n2)no1. The number of hydrogen-bond donors (Lipinski definition) is 1. The van der Waals surface area contributed by atoms with Crippen LogP contribution in [0, 0.1) is 6.92 Å². The van der Waals surface area contributed by atoms with Gasteiger partial charge >= 0.3 is 0 Å². The molecule has 90 valence electrons. The third kappa shape index (κ3) is 3.07. The van der Waals surface area contributed by atoms with Crippen molar-refractivity contribution in [2.75, 3.05) is 13.6 Å². The minimum atomic E-state index is 0.523. The molecule has 6 heteroatoms. The smallest absolute Gasteiger partial charge is 0.227 e. The summed E-state index contributed by atoms with van der Waals surface area (Å²) >= 11 is 0. The summed E-state index contributed by atoms with van der Waals surface area (Å²) in [5, 5.41) is 6.98. The van der Waals surface area contributed by atoms with E-state index in [9.17, 15) is 0 Å². The molecule has 0 radical (unpaired) electrons. The molecule has 1 N–H and O–H groups in total. The minimum Gasteiger partial charge on any atom is -0.339 e. The van der Waals surface area contributed by atoms with E-state index in [4.69, 9.17) is 4.52 Å². The Morgan fingerprint density at radius 2 is 2.24 bits per heavy atom. The van der Waals surface area contributed by atoms with E-state index < -0.39 is 0 Å². The van der Waals surface area contributed by atoms with Crippen molar-refractivity contribution in [2.45, 2.75) is 19.8 Å². The van der Waals surface area contributed by atoms with Crippen molar-refractivity contribution in [1.29, 1.82) is 0 Å². The topological polar surface area (TPSA) is 76.7 Å². The molecule has 0 aliphatic carbocycles. The van der Waals surface area contributed by atoms with Crippen LogP contribution in [0.25, 0.3) is 11.5 Å². The highest BCUT2D eigenvalue weighted by molar-refractivity contribution is 5.46. The van der Waals surface area contributed by atoms with Gasteiger partial charge in [0.2, 0.25) is 11.7 Å². The molecule has 2 aromatic rings. The van der Waals surface area contributed by atoms with Gasteiger partial charge in [-0.15, -0.1) is 0 Å².